The summed E-state index contributed by atoms with van der Waals surface area (Å²) >= 11 is 2.00. The number of anilines is 1. The number of hydrazine groups is 1. The lowest BCUT2D eigenvalue weighted by Gasteiger charge is -2.17. The van der Waals surface area contributed by atoms with Crippen LogP contribution in [-0.4, -0.2) is 23.0 Å². The van der Waals surface area contributed by atoms with Crippen LogP contribution in [0.3, 0.4) is 0 Å². The molecule has 5 heteroatoms. The number of benzene rings is 1. The number of thioether (sulfide) groups is 1. The molecular weight excluding hydrogens is 256 g/mol. The molecule has 1 fully saturated rings. The fourth-order valence-corrected chi connectivity index (χ4v) is 3.57. The van der Waals surface area contributed by atoms with E-state index in [9.17, 15) is 0 Å². The van der Waals surface area contributed by atoms with Crippen molar-refractivity contribution in [3.05, 3.63) is 30.3 Å². The highest BCUT2D eigenvalue weighted by Crippen LogP contribution is 2.32. The number of nitrogens with zero attached hydrogens (tertiary/aromatic N) is 1. The molecule has 0 radical (unpaired) electrons. The minimum absolute atomic E-state index is 0.368. The van der Waals surface area contributed by atoms with Gasteiger partial charge in [0.25, 0.3) is 0 Å². The third-order valence-corrected chi connectivity index (χ3v) is 4.58. The second kappa shape index (κ2) is 7.40. The van der Waals surface area contributed by atoms with Crippen LogP contribution in [0.4, 0.5) is 5.69 Å². The maximum Gasteiger partial charge on any atom is 0.210 e. The van der Waals surface area contributed by atoms with Crippen LogP contribution in [-0.2, 0) is 0 Å². The van der Waals surface area contributed by atoms with E-state index in [1.165, 1.54) is 12.8 Å². The fourth-order valence-electron chi connectivity index (χ4n) is 2.39. The zero-order valence-corrected chi connectivity index (χ0v) is 12.1. The minimum Gasteiger partial charge on any atom is -0.325 e. The van der Waals surface area contributed by atoms with Crippen molar-refractivity contribution in [2.75, 3.05) is 11.1 Å². The van der Waals surface area contributed by atoms with Crippen LogP contribution in [0.1, 0.15) is 26.2 Å². The number of rotatable bonds is 4. The van der Waals surface area contributed by atoms with Gasteiger partial charge >= 0.3 is 0 Å². The van der Waals surface area contributed by atoms with E-state index in [1.807, 2.05) is 42.1 Å². The first kappa shape index (κ1) is 14.2. The summed E-state index contributed by atoms with van der Waals surface area (Å²) in [5.41, 5.74) is 3.67. The molecule has 1 aliphatic rings. The SMILES string of the molecule is CCSC1CCCC1N=C(NN)Nc1ccccc1. The first-order valence-electron chi connectivity index (χ1n) is 6.81. The van der Waals surface area contributed by atoms with Gasteiger partial charge in [0.05, 0.1) is 6.04 Å². The highest BCUT2D eigenvalue weighted by atomic mass is 32.2. The van der Waals surface area contributed by atoms with Crippen molar-refractivity contribution in [2.24, 2.45) is 10.8 Å². The Morgan fingerprint density at radius 3 is 2.84 bits per heavy atom. The summed E-state index contributed by atoms with van der Waals surface area (Å²) in [6.45, 7) is 2.20. The lowest BCUT2D eigenvalue weighted by atomic mass is 10.2. The third-order valence-electron chi connectivity index (χ3n) is 3.27. The summed E-state index contributed by atoms with van der Waals surface area (Å²) in [4.78, 5) is 4.74. The van der Waals surface area contributed by atoms with Gasteiger partial charge in [-0.25, -0.2) is 10.8 Å². The summed E-state index contributed by atoms with van der Waals surface area (Å²) in [7, 11) is 0. The van der Waals surface area contributed by atoms with E-state index in [0.29, 0.717) is 17.3 Å². The van der Waals surface area contributed by atoms with Crippen molar-refractivity contribution in [3.8, 4) is 0 Å². The van der Waals surface area contributed by atoms with Crippen LogP contribution in [0.5, 0.6) is 0 Å². The number of para-hydroxylation sites is 1. The Morgan fingerprint density at radius 2 is 2.16 bits per heavy atom. The Hall–Kier alpha value is -1.20. The molecule has 0 aromatic heterocycles. The predicted molar refractivity (Wildman–Crippen MR) is 84.4 cm³/mol. The number of nitrogens with one attached hydrogen (secondary N) is 2. The van der Waals surface area contributed by atoms with Crippen molar-refractivity contribution < 1.29 is 0 Å². The predicted octanol–water partition coefficient (Wildman–Crippen LogP) is 2.59. The van der Waals surface area contributed by atoms with Gasteiger partial charge in [-0.05, 0) is 30.7 Å². The Balaban J connectivity index is 2.02. The minimum atomic E-state index is 0.368. The maximum atomic E-state index is 5.57. The molecule has 0 bridgehead atoms. The molecule has 1 aliphatic carbocycles. The summed E-state index contributed by atoms with van der Waals surface area (Å²) in [5, 5.41) is 3.85. The highest BCUT2D eigenvalue weighted by molar-refractivity contribution is 7.99. The molecule has 1 aromatic carbocycles. The number of aliphatic imine (C=N–C) groups is 1. The summed E-state index contributed by atoms with van der Waals surface area (Å²) in [6, 6.07) is 10.3. The average molecular weight is 278 g/mol. The summed E-state index contributed by atoms with van der Waals surface area (Å²) in [6.07, 6.45) is 3.67. The average Bonchev–Trinajstić information content (AvgIpc) is 2.87. The molecular formula is C14H22N4S. The van der Waals surface area contributed by atoms with Crippen LogP contribution >= 0.6 is 11.8 Å². The summed E-state index contributed by atoms with van der Waals surface area (Å²) < 4.78 is 0. The number of hydrogen-bond acceptors (Lipinski definition) is 3. The molecule has 2 atom stereocenters. The third kappa shape index (κ3) is 4.14. The molecule has 0 saturated heterocycles. The van der Waals surface area contributed by atoms with Gasteiger partial charge in [-0.2, -0.15) is 11.8 Å². The van der Waals surface area contributed by atoms with Gasteiger partial charge in [0, 0.05) is 10.9 Å². The van der Waals surface area contributed by atoms with E-state index < -0.39 is 0 Å². The van der Waals surface area contributed by atoms with Crippen molar-refractivity contribution in [2.45, 2.75) is 37.5 Å². The van der Waals surface area contributed by atoms with Crippen LogP contribution in [0.25, 0.3) is 0 Å². The molecule has 1 saturated carbocycles. The highest BCUT2D eigenvalue weighted by Gasteiger charge is 2.27. The second-order valence-corrected chi connectivity index (χ2v) is 6.12. The van der Waals surface area contributed by atoms with Crippen molar-refractivity contribution in [1.82, 2.24) is 5.43 Å². The van der Waals surface area contributed by atoms with Crippen molar-refractivity contribution in [1.29, 1.82) is 0 Å². The number of hydrogen-bond donors (Lipinski definition) is 3. The van der Waals surface area contributed by atoms with E-state index >= 15 is 0 Å². The van der Waals surface area contributed by atoms with Crippen LogP contribution in [0.15, 0.2) is 35.3 Å². The molecule has 2 unspecified atom stereocenters. The largest absolute Gasteiger partial charge is 0.325 e. The van der Waals surface area contributed by atoms with Gasteiger partial charge < -0.3 is 5.32 Å². The number of guanidine groups is 1. The number of nitrogens with two attached hydrogens (primary N) is 1. The molecule has 4 N–H and O–H groups in total. The van der Waals surface area contributed by atoms with E-state index in [4.69, 9.17) is 10.8 Å². The van der Waals surface area contributed by atoms with Crippen LogP contribution in [0, 0.1) is 0 Å². The van der Waals surface area contributed by atoms with Crippen molar-refractivity contribution >= 4 is 23.4 Å². The van der Waals surface area contributed by atoms with E-state index in [1.54, 1.807) is 0 Å². The standard InChI is InChI=1S/C14H22N4S/c1-2-19-13-10-6-9-12(13)17-14(18-15)16-11-7-4-3-5-8-11/h3-5,7-8,12-13H,2,6,9-10,15H2,1H3,(H2,16,17,18). The Morgan fingerprint density at radius 1 is 1.37 bits per heavy atom. The van der Waals surface area contributed by atoms with E-state index in [0.717, 1.165) is 17.9 Å². The normalized spacial score (nSPS) is 23.4. The Bertz CT molecular complexity index is 407. The zero-order valence-electron chi connectivity index (χ0n) is 11.3. The van der Waals surface area contributed by atoms with Gasteiger partial charge in [-0.3, -0.25) is 5.43 Å². The van der Waals surface area contributed by atoms with Crippen molar-refractivity contribution in [3.63, 3.8) is 0 Å². The molecule has 0 heterocycles. The maximum absolute atomic E-state index is 5.57. The first-order chi connectivity index (χ1) is 9.33. The lowest BCUT2D eigenvalue weighted by Crippen LogP contribution is -2.38. The molecule has 1 aromatic rings. The quantitative estimate of drug-likeness (QED) is 0.343. The van der Waals surface area contributed by atoms with E-state index in [-0.39, 0.29) is 0 Å². The zero-order chi connectivity index (χ0) is 13.5. The van der Waals surface area contributed by atoms with Gasteiger partial charge in [-0.15, -0.1) is 0 Å². The summed E-state index contributed by atoms with van der Waals surface area (Å²) in [5.74, 6) is 7.37. The molecule has 4 nitrogen and oxygen atoms in total. The van der Waals surface area contributed by atoms with Crippen LogP contribution in [0.2, 0.25) is 0 Å². The molecule has 2 rings (SSSR count). The first-order valence-corrected chi connectivity index (χ1v) is 7.86. The lowest BCUT2D eigenvalue weighted by molar-refractivity contribution is 0.711. The van der Waals surface area contributed by atoms with Crippen LogP contribution < -0.4 is 16.6 Å². The Kier molecular flexibility index (Phi) is 5.54. The molecule has 19 heavy (non-hydrogen) atoms. The van der Waals surface area contributed by atoms with E-state index in [2.05, 4.69) is 17.7 Å². The van der Waals surface area contributed by atoms with Gasteiger partial charge in [-0.1, -0.05) is 31.5 Å². The molecule has 0 aliphatic heterocycles. The molecule has 0 amide bonds. The van der Waals surface area contributed by atoms with Gasteiger partial charge in [0.15, 0.2) is 0 Å². The Labute approximate surface area is 119 Å². The van der Waals surface area contributed by atoms with Gasteiger partial charge in [0.1, 0.15) is 0 Å². The smallest absolute Gasteiger partial charge is 0.210 e. The monoisotopic (exact) mass is 278 g/mol. The molecule has 0 spiro atoms. The van der Waals surface area contributed by atoms with Gasteiger partial charge in [0.2, 0.25) is 5.96 Å². The second-order valence-electron chi connectivity index (χ2n) is 4.61. The fraction of sp³-hybridized carbons (Fsp3) is 0.500. The topological polar surface area (TPSA) is 62.4 Å². The molecule has 104 valence electrons.